The molecule has 2 fully saturated rings. The van der Waals surface area contributed by atoms with Crippen LogP contribution in [0.1, 0.15) is 60.9 Å². The van der Waals surface area contributed by atoms with Gasteiger partial charge in [0.25, 0.3) is 0 Å². The molecule has 0 heterocycles. The van der Waals surface area contributed by atoms with Crippen LogP contribution in [0.25, 0.3) is 11.1 Å². The topological polar surface area (TPSA) is 82.1 Å². The molecule has 6 heteroatoms. The Morgan fingerprint density at radius 3 is 2.38 bits per heavy atom. The summed E-state index contributed by atoms with van der Waals surface area (Å²) in [5.74, 6) is 0.900. The highest BCUT2D eigenvalue weighted by molar-refractivity contribution is 6.02. The largest absolute Gasteiger partial charge is 0.493 e. The molecule has 1 unspecified atom stereocenters. The maximum atomic E-state index is 12.4. The molecule has 2 saturated carbocycles. The van der Waals surface area contributed by atoms with E-state index in [0.29, 0.717) is 36.7 Å². The zero-order chi connectivity index (χ0) is 23.9. The lowest BCUT2D eigenvalue weighted by molar-refractivity contribution is -0.147. The average molecular weight is 465 g/mol. The number of carbonyl (C=O) groups is 2. The summed E-state index contributed by atoms with van der Waals surface area (Å²) in [5, 5.41) is 10.1. The van der Waals surface area contributed by atoms with Gasteiger partial charge in [-0.05, 0) is 61.3 Å². The van der Waals surface area contributed by atoms with E-state index in [1.807, 2.05) is 30.3 Å². The maximum absolute atomic E-state index is 12.4. The summed E-state index contributed by atoms with van der Waals surface area (Å²) in [6.07, 6.45) is 7.11. The summed E-state index contributed by atoms with van der Waals surface area (Å²) in [7, 11) is 3.17. The molecular formula is C28H32O6. The van der Waals surface area contributed by atoms with Crippen LogP contribution in [0.3, 0.4) is 0 Å². The third-order valence-electron chi connectivity index (χ3n) is 8.06. The number of benzene rings is 2. The summed E-state index contributed by atoms with van der Waals surface area (Å²) < 4.78 is 17.8. The highest BCUT2D eigenvalue weighted by Gasteiger charge is 2.56. The number of Topliss-reactive ketones (excluding diaryl/α,β-unsaturated/α-hetero) is 1. The van der Waals surface area contributed by atoms with Crippen molar-refractivity contribution in [3.8, 4) is 28.4 Å². The molecule has 0 saturated heterocycles. The number of hydrogen-bond acceptors (Lipinski definition) is 5. The molecular weight excluding hydrogens is 432 g/mol. The van der Waals surface area contributed by atoms with E-state index in [-0.39, 0.29) is 23.0 Å². The Balaban J connectivity index is 1.53. The van der Waals surface area contributed by atoms with Crippen LogP contribution in [0.15, 0.2) is 30.3 Å². The fourth-order valence-electron chi connectivity index (χ4n) is 6.17. The van der Waals surface area contributed by atoms with Gasteiger partial charge in [0.15, 0.2) is 17.3 Å². The van der Waals surface area contributed by atoms with Gasteiger partial charge in [0.1, 0.15) is 0 Å². The van der Waals surface area contributed by atoms with Gasteiger partial charge < -0.3 is 19.3 Å². The first kappa shape index (κ1) is 22.8. The van der Waals surface area contributed by atoms with E-state index in [4.69, 9.17) is 14.2 Å². The molecule has 3 aliphatic carbocycles. The Kier molecular flexibility index (Phi) is 6.00. The zero-order valence-electron chi connectivity index (χ0n) is 19.9. The number of rotatable bonds is 9. The van der Waals surface area contributed by atoms with E-state index in [0.717, 1.165) is 60.8 Å². The van der Waals surface area contributed by atoms with E-state index in [1.54, 1.807) is 14.2 Å². The first-order valence-corrected chi connectivity index (χ1v) is 12.2. The fraction of sp³-hybridized carbons (Fsp3) is 0.500. The highest BCUT2D eigenvalue weighted by atomic mass is 16.5. The van der Waals surface area contributed by atoms with Gasteiger partial charge in [-0.15, -0.1) is 0 Å². The molecule has 0 radical (unpaired) electrons. The molecule has 6 nitrogen and oxygen atoms in total. The smallest absolute Gasteiger partial charge is 0.307 e. The summed E-state index contributed by atoms with van der Waals surface area (Å²) >= 11 is 0. The van der Waals surface area contributed by atoms with Gasteiger partial charge in [-0.3, -0.25) is 9.59 Å². The molecule has 0 aliphatic heterocycles. The third kappa shape index (κ3) is 3.83. The molecule has 2 aromatic carbocycles. The molecule has 180 valence electrons. The lowest BCUT2D eigenvalue weighted by Crippen LogP contribution is -2.35. The van der Waals surface area contributed by atoms with Crippen LogP contribution in [-0.2, 0) is 11.2 Å². The van der Waals surface area contributed by atoms with Gasteiger partial charge in [0.2, 0.25) is 5.75 Å². The van der Waals surface area contributed by atoms with Crippen LogP contribution in [0.4, 0.5) is 0 Å². The standard InChI is InChI=1S/C28H32O6/c1-32-23-13-11-21(18-8-5-9-20-19(18)10-12-22(20)29)25(26(23)33-2)34-16-28(14-15-28)24(27(30)31)17-6-3-4-7-17/h5,8-9,11,13,17,24H,3-4,6-7,10,12,14-16H2,1-2H3,(H,30,31). The molecule has 5 rings (SSSR count). The van der Waals surface area contributed by atoms with E-state index in [1.165, 1.54) is 0 Å². The number of hydrogen-bond donors (Lipinski definition) is 1. The van der Waals surface area contributed by atoms with Crippen LogP contribution < -0.4 is 14.2 Å². The minimum Gasteiger partial charge on any atom is -0.493 e. The highest BCUT2D eigenvalue weighted by Crippen LogP contribution is 2.58. The summed E-state index contributed by atoms with van der Waals surface area (Å²) in [4.78, 5) is 24.7. The minimum absolute atomic E-state index is 0.164. The Bertz CT molecular complexity index is 1110. The fourth-order valence-corrected chi connectivity index (χ4v) is 6.17. The monoisotopic (exact) mass is 464 g/mol. The van der Waals surface area contributed by atoms with Crippen molar-refractivity contribution in [1.29, 1.82) is 0 Å². The summed E-state index contributed by atoms with van der Waals surface area (Å²) in [5.41, 5.74) is 3.24. The van der Waals surface area contributed by atoms with Gasteiger partial charge >= 0.3 is 5.97 Å². The number of carboxylic acids is 1. The molecule has 2 aromatic rings. The molecule has 34 heavy (non-hydrogen) atoms. The van der Waals surface area contributed by atoms with Crippen LogP contribution in [0.5, 0.6) is 17.2 Å². The Hall–Kier alpha value is -3.02. The molecule has 0 aromatic heterocycles. The number of ketones is 1. The molecule has 0 amide bonds. The quantitative estimate of drug-likeness (QED) is 0.524. The number of methoxy groups -OCH3 is 2. The predicted molar refractivity (Wildman–Crippen MR) is 128 cm³/mol. The number of carboxylic acid groups (broad SMARTS) is 1. The van der Waals surface area contributed by atoms with Gasteiger partial charge in [-0.2, -0.15) is 0 Å². The average Bonchev–Trinajstić information content (AvgIpc) is 3.22. The van der Waals surface area contributed by atoms with Gasteiger partial charge in [0.05, 0.1) is 26.7 Å². The Morgan fingerprint density at radius 1 is 1.00 bits per heavy atom. The van der Waals surface area contributed by atoms with Crippen LogP contribution in [-0.4, -0.2) is 37.7 Å². The van der Waals surface area contributed by atoms with Crippen LogP contribution in [0.2, 0.25) is 0 Å². The Morgan fingerprint density at radius 2 is 1.74 bits per heavy atom. The van der Waals surface area contributed by atoms with Crippen molar-refractivity contribution in [3.05, 3.63) is 41.5 Å². The third-order valence-corrected chi connectivity index (χ3v) is 8.06. The minimum atomic E-state index is -0.703. The van der Waals surface area contributed by atoms with Gasteiger partial charge in [0, 0.05) is 23.0 Å². The van der Waals surface area contributed by atoms with Gasteiger partial charge in [-0.1, -0.05) is 31.0 Å². The van der Waals surface area contributed by atoms with E-state index in [9.17, 15) is 14.7 Å². The van der Waals surface area contributed by atoms with Crippen molar-refractivity contribution in [2.24, 2.45) is 17.3 Å². The van der Waals surface area contributed by atoms with Crippen molar-refractivity contribution in [2.75, 3.05) is 20.8 Å². The van der Waals surface area contributed by atoms with Crippen molar-refractivity contribution in [2.45, 2.75) is 51.4 Å². The summed E-state index contributed by atoms with van der Waals surface area (Å²) in [6.45, 7) is 0.324. The number of aliphatic carboxylic acids is 1. The first-order chi connectivity index (χ1) is 16.5. The number of ether oxygens (including phenoxy) is 3. The molecule has 3 aliphatic rings. The molecule has 0 spiro atoms. The van der Waals surface area contributed by atoms with E-state index < -0.39 is 5.97 Å². The Labute approximate surface area is 200 Å². The van der Waals surface area contributed by atoms with Crippen molar-refractivity contribution < 1.29 is 28.9 Å². The van der Waals surface area contributed by atoms with Crippen molar-refractivity contribution in [1.82, 2.24) is 0 Å². The van der Waals surface area contributed by atoms with Gasteiger partial charge in [-0.25, -0.2) is 0 Å². The zero-order valence-corrected chi connectivity index (χ0v) is 19.9. The number of fused-ring (bicyclic) bond motifs is 1. The van der Waals surface area contributed by atoms with Crippen molar-refractivity contribution >= 4 is 11.8 Å². The first-order valence-electron chi connectivity index (χ1n) is 12.2. The molecule has 1 atom stereocenters. The van der Waals surface area contributed by atoms with E-state index in [2.05, 4.69) is 0 Å². The lowest BCUT2D eigenvalue weighted by atomic mass is 9.78. The van der Waals surface area contributed by atoms with Crippen LogP contribution >= 0.6 is 0 Å². The lowest BCUT2D eigenvalue weighted by Gasteiger charge is -2.29. The predicted octanol–water partition coefficient (Wildman–Crippen LogP) is 5.55. The number of carbonyl (C=O) groups excluding carboxylic acids is 1. The molecule has 1 N–H and O–H groups in total. The van der Waals surface area contributed by atoms with Crippen molar-refractivity contribution in [3.63, 3.8) is 0 Å². The second-order valence-electron chi connectivity index (χ2n) is 9.94. The summed E-state index contributed by atoms with van der Waals surface area (Å²) in [6, 6.07) is 9.59. The second kappa shape index (κ2) is 8.97. The normalized spacial score (nSPS) is 19.5. The second-order valence-corrected chi connectivity index (χ2v) is 9.94. The van der Waals surface area contributed by atoms with E-state index >= 15 is 0 Å². The SMILES string of the molecule is COc1ccc(-c2cccc3c2CCC3=O)c(OCC2(C(C(=O)O)C3CCCC3)CC2)c1OC. The molecule has 0 bridgehead atoms. The maximum Gasteiger partial charge on any atom is 0.307 e. The van der Waals surface area contributed by atoms with Crippen LogP contribution in [0, 0.1) is 17.3 Å².